The standard InChI is InChI=1S/C21H22FN3O4S/c1-13-5-4-10-25(30(3,27)28)17-11-18-23-19(14-6-8-15(22)9-7-14)20(21(26)29-2)24(18)12-16(13)17/h6-9,11-13H,4-5,10H2,1-3H3. The highest BCUT2D eigenvalue weighted by Gasteiger charge is 2.29. The maximum Gasteiger partial charge on any atom is 0.357 e. The zero-order chi connectivity index (χ0) is 21.6. The smallest absolute Gasteiger partial charge is 0.357 e. The molecule has 0 saturated heterocycles. The molecule has 0 saturated carbocycles. The van der Waals surface area contributed by atoms with Crippen molar-refractivity contribution in [3.8, 4) is 11.3 Å². The Bertz CT molecular complexity index is 1240. The van der Waals surface area contributed by atoms with Crippen LogP contribution >= 0.6 is 0 Å². The number of ether oxygens (including phenoxy) is 1. The van der Waals surface area contributed by atoms with Gasteiger partial charge < -0.3 is 4.74 Å². The number of pyridine rings is 1. The van der Waals surface area contributed by atoms with E-state index in [9.17, 15) is 17.6 Å². The van der Waals surface area contributed by atoms with Crippen molar-refractivity contribution >= 4 is 27.3 Å². The van der Waals surface area contributed by atoms with E-state index in [1.807, 2.05) is 6.92 Å². The summed E-state index contributed by atoms with van der Waals surface area (Å²) in [4.78, 5) is 17.2. The van der Waals surface area contributed by atoms with Crippen LogP contribution < -0.4 is 4.31 Å². The molecule has 30 heavy (non-hydrogen) atoms. The maximum absolute atomic E-state index is 13.4. The average molecular weight is 431 g/mol. The number of hydrogen-bond acceptors (Lipinski definition) is 5. The second-order valence-electron chi connectivity index (χ2n) is 7.53. The zero-order valence-corrected chi connectivity index (χ0v) is 17.7. The number of aromatic nitrogens is 2. The van der Waals surface area contributed by atoms with Crippen LogP contribution in [-0.4, -0.2) is 43.7 Å². The minimum Gasteiger partial charge on any atom is -0.464 e. The number of halogens is 1. The van der Waals surface area contributed by atoms with Crippen LogP contribution in [0.15, 0.2) is 36.5 Å². The van der Waals surface area contributed by atoms with E-state index in [2.05, 4.69) is 4.98 Å². The van der Waals surface area contributed by atoms with Gasteiger partial charge in [0.25, 0.3) is 0 Å². The number of hydrogen-bond donors (Lipinski definition) is 0. The van der Waals surface area contributed by atoms with Crippen molar-refractivity contribution in [3.05, 3.63) is 53.6 Å². The fraction of sp³-hybridized carbons (Fsp3) is 0.333. The van der Waals surface area contributed by atoms with Crippen LogP contribution in [-0.2, 0) is 14.8 Å². The van der Waals surface area contributed by atoms with E-state index in [0.717, 1.165) is 18.4 Å². The first-order chi connectivity index (χ1) is 14.2. The molecule has 1 aliphatic heterocycles. The molecule has 0 aliphatic carbocycles. The fourth-order valence-corrected chi connectivity index (χ4v) is 4.93. The number of fused-ring (bicyclic) bond motifs is 2. The van der Waals surface area contributed by atoms with E-state index in [0.29, 0.717) is 29.1 Å². The van der Waals surface area contributed by atoms with E-state index in [4.69, 9.17) is 4.74 Å². The minimum absolute atomic E-state index is 0.0957. The van der Waals surface area contributed by atoms with Gasteiger partial charge in [0.1, 0.15) is 17.2 Å². The molecular formula is C21H22FN3O4S. The molecule has 158 valence electrons. The van der Waals surface area contributed by atoms with Crippen LogP contribution in [0.5, 0.6) is 0 Å². The average Bonchev–Trinajstić information content (AvgIpc) is 2.98. The van der Waals surface area contributed by atoms with Crippen molar-refractivity contribution in [1.82, 2.24) is 9.38 Å². The fourth-order valence-electron chi connectivity index (χ4n) is 3.95. The van der Waals surface area contributed by atoms with Crippen LogP contribution in [0.1, 0.15) is 41.7 Å². The zero-order valence-electron chi connectivity index (χ0n) is 16.9. The lowest BCUT2D eigenvalue weighted by Crippen LogP contribution is -2.30. The van der Waals surface area contributed by atoms with Gasteiger partial charge in [-0.15, -0.1) is 0 Å². The van der Waals surface area contributed by atoms with Crippen LogP contribution in [0.3, 0.4) is 0 Å². The molecule has 2 aromatic heterocycles. The van der Waals surface area contributed by atoms with Gasteiger partial charge >= 0.3 is 5.97 Å². The first kappa shape index (κ1) is 20.3. The highest BCUT2D eigenvalue weighted by molar-refractivity contribution is 7.92. The number of carbonyl (C=O) groups excluding carboxylic acids is 1. The molecule has 1 aliphatic rings. The third-order valence-electron chi connectivity index (χ3n) is 5.46. The highest BCUT2D eigenvalue weighted by Crippen LogP contribution is 2.37. The summed E-state index contributed by atoms with van der Waals surface area (Å²) in [6.45, 7) is 2.42. The number of benzene rings is 1. The van der Waals surface area contributed by atoms with Crippen molar-refractivity contribution < 1.29 is 22.3 Å². The monoisotopic (exact) mass is 431 g/mol. The molecule has 0 radical (unpaired) electrons. The Kier molecular flexibility index (Phi) is 5.01. The molecule has 0 N–H and O–H groups in total. The number of esters is 1. The largest absolute Gasteiger partial charge is 0.464 e. The predicted molar refractivity (Wildman–Crippen MR) is 112 cm³/mol. The SMILES string of the molecule is COC(=O)c1c(-c2ccc(F)cc2)nc2cc3c(cn12)C(C)CCCN3S(C)(=O)=O. The highest BCUT2D eigenvalue weighted by atomic mass is 32.2. The van der Waals surface area contributed by atoms with E-state index in [1.54, 1.807) is 28.8 Å². The molecule has 7 nitrogen and oxygen atoms in total. The van der Waals surface area contributed by atoms with Crippen molar-refractivity contribution in [2.45, 2.75) is 25.7 Å². The van der Waals surface area contributed by atoms with Crippen LogP contribution in [0, 0.1) is 5.82 Å². The second-order valence-corrected chi connectivity index (χ2v) is 9.43. The van der Waals surface area contributed by atoms with Gasteiger partial charge in [-0.3, -0.25) is 8.71 Å². The number of nitrogens with zero attached hydrogens (tertiary/aromatic N) is 3. The van der Waals surface area contributed by atoms with Gasteiger partial charge in [0.15, 0.2) is 5.69 Å². The van der Waals surface area contributed by atoms with Crippen molar-refractivity contribution in [2.75, 3.05) is 24.2 Å². The lowest BCUT2D eigenvalue weighted by Gasteiger charge is -2.23. The van der Waals surface area contributed by atoms with Gasteiger partial charge in [0.05, 0.1) is 19.1 Å². The van der Waals surface area contributed by atoms with Gasteiger partial charge in [-0.05, 0) is 48.6 Å². The molecule has 0 fully saturated rings. The molecule has 0 amide bonds. The number of anilines is 1. The van der Waals surface area contributed by atoms with Crippen molar-refractivity contribution in [2.24, 2.45) is 0 Å². The Labute approximate surface area is 174 Å². The number of imidazole rings is 1. The Morgan fingerprint density at radius 3 is 2.60 bits per heavy atom. The molecule has 3 heterocycles. The van der Waals surface area contributed by atoms with Gasteiger partial charge in [0.2, 0.25) is 10.0 Å². The van der Waals surface area contributed by atoms with Crippen molar-refractivity contribution in [1.29, 1.82) is 0 Å². The van der Waals surface area contributed by atoms with Gasteiger partial charge in [0, 0.05) is 24.4 Å². The quantitative estimate of drug-likeness (QED) is 0.592. The Morgan fingerprint density at radius 1 is 1.27 bits per heavy atom. The molecule has 4 rings (SSSR count). The Morgan fingerprint density at radius 2 is 1.97 bits per heavy atom. The van der Waals surface area contributed by atoms with E-state index in [-0.39, 0.29) is 11.6 Å². The molecule has 0 bridgehead atoms. The summed E-state index contributed by atoms with van der Waals surface area (Å²) in [7, 11) is -2.19. The maximum atomic E-state index is 13.4. The summed E-state index contributed by atoms with van der Waals surface area (Å²) in [5, 5.41) is 0. The first-order valence-electron chi connectivity index (χ1n) is 9.58. The van der Waals surface area contributed by atoms with Gasteiger partial charge in [-0.2, -0.15) is 0 Å². The van der Waals surface area contributed by atoms with Gasteiger partial charge in [-0.25, -0.2) is 22.6 Å². The third kappa shape index (κ3) is 3.43. The molecule has 1 unspecified atom stereocenters. The van der Waals surface area contributed by atoms with Crippen molar-refractivity contribution in [3.63, 3.8) is 0 Å². The molecule has 3 aromatic rings. The van der Waals surface area contributed by atoms with E-state index < -0.39 is 21.8 Å². The molecular weight excluding hydrogens is 409 g/mol. The molecule has 1 atom stereocenters. The normalized spacial score (nSPS) is 16.9. The summed E-state index contributed by atoms with van der Waals surface area (Å²) in [6, 6.07) is 7.36. The topological polar surface area (TPSA) is 81.0 Å². The lowest BCUT2D eigenvalue weighted by atomic mass is 9.98. The summed E-state index contributed by atoms with van der Waals surface area (Å²) >= 11 is 0. The summed E-state index contributed by atoms with van der Waals surface area (Å²) in [5.41, 5.74) is 2.92. The van der Waals surface area contributed by atoms with E-state index >= 15 is 0 Å². The molecule has 0 spiro atoms. The first-order valence-corrected chi connectivity index (χ1v) is 11.4. The number of sulfonamides is 1. The van der Waals surface area contributed by atoms with Crippen LogP contribution in [0.4, 0.5) is 10.1 Å². The summed E-state index contributed by atoms with van der Waals surface area (Å²) in [5.74, 6) is -0.882. The number of carbonyl (C=O) groups is 1. The second kappa shape index (κ2) is 7.39. The Balaban J connectivity index is 2.03. The van der Waals surface area contributed by atoms with Gasteiger partial charge in [-0.1, -0.05) is 6.92 Å². The predicted octanol–water partition coefficient (Wildman–Crippen LogP) is 3.59. The summed E-state index contributed by atoms with van der Waals surface area (Å²) < 4.78 is 46.2. The molecule has 1 aromatic carbocycles. The third-order valence-corrected chi connectivity index (χ3v) is 6.64. The summed E-state index contributed by atoms with van der Waals surface area (Å²) in [6.07, 6.45) is 4.50. The number of methoxy groups -OCH3 is 1. The van der Waals surface area contributed by atoms with E-state index in [1.165, 1.54) is 29.8 Å². The van der Waals surface area contributed by atoms with Crippen LogP contribution in [0.2, 0.25) is 0 Å². The Hall–Kier alpha value is -2.94. The number of rotatable bonds is 3. The molecule has 9 heteroatoms. The lowest BCUT2D eigenvalue weighted by molar-refractivity contribution is 0.0594. The minimum atomic E-state index is -3.47. The van der Waals surface area contributed by atoms with Crippen LogP contribution in [0.25, 0.3) is 16.9 Å².